The van der Waals surface area contributed by atoms with Gasteiger partial charge in [0, 0.05) is 13.0 Å². The highest BCUT2D eigenvalue weighted by Gasteiger charge is 2.27. The summed E-state index contributed by atoms with van der Waals surface area (Å²) in [5.74, 6) is -0.998. The molecule has 0 bridgehead atoms. The maximum atomic E-state index is 11.6. The highest BCUT2D eigenvalue weighted by Crippen LogP contribution is 2.13. The molecule has 4 heteroatoms. The second-order valence-corrected chi connectivity index (χ2v) is 5.30. The van der Waals surface area contributed by atoms with Gasteiger partial charge in [-0.05, 0) is 32.3 Å². The lowest BCUT2D eigenvalue weighted by atomic mass is 9.94. The Morgan fingerprint density at radius 2 is 1.84 bits per heavy atom. The number of nitrogens with one attached hydrogen (secondary N) is 1. The molecule has 19 heavy (non-hydrogen) atoms. The zero-order valence-corrected chi connectivity index (χ0v) is 11.5. The third-order valence-corrected chi connectivity index (χ3v) is 3.02. The van der Waals surface area contributed by atoms with Crippen molar-refractivity contribution in [2.45, 2.75) is 33.1 Å². The molecule has 0 aliphatic heterocycles. The van der Waals surface area contributed by atoms with E-state index >= 15 is 0 Å². The van der Waals surface area contributed by atoms with Gasteiger partial charge >= 0.3 is 5.97 Å². The molecule has 1 amide bonds. The van der Waals surface area contributed by atoms with E-state index in [9.17, 15) is 9.59 Å². The van der Waals surface area contributed by atoms with E-state index < -0.39 is 11.4 Å². The van der Waals surface area contributed by atoms with Crippen molar-refractivity contribution < 1.29 is 14.7 Å². The number of carboxylic acid groups (broad SMARTS) is 1. The van der Waals surface area contributed by atoms with Crippen molar-refractivity contribution >= 4 is 11.9 Å². The molecule has 1 aromatic rings. The van der Waals surface area contributed by atoms with E-state index in [1.54, 1.807) is 13.8 Å². The number of amides is 1. The average Bonchev–Trinajstić information content (AvgIpc) is 2.37. The second-order valence-electron chi connectivity index (χ2n) is 5.30. The lowest BCUT2D eigenvalue weighted by Crippen LogP contribution is -2.38. The quantitative estimate of drug-likeness (QED) is 0.792. The van der Waals surface area contributed by atoms with Crippen molar-refractivity contribution in [3.05, 3.63) is 35.9 Å². The van der Waals surface area contributed by atoms with Crippen molar-refractivity contribution in [1.82, 2.24) is 5.32 Å². The van der Waals surface area contributed by atoms with E-state index in [1.807, 2.05) is 30.3 Å². The lowest BCUT2D eigenvalue weighted by Gasteiger charge is -2.19. The van der Waals surface area contributed by atoms with Crippen molar-refractivity contribution in [2.75, 3.05) is 6.54 Å². The molecule has 0 radical (unpaired) electrons. The summed E-state index contributed by atoms with van der Waals surface area (Å²) in [6.45, 7) is 3.35. The number of hydrogen-bond acceptors (Lipinski definition) is 2. The van der Waals surface area contributed by atoms with E-state index in [0.717, 1.165) is 12.8 Å². The van der Waals surface area contributed by atoms with Crippen LogP contribution < -0.4 is 5.32 Å². The minimum absolute atomic E-state index is 0.0924. The topological polar surface area (TPSA) is 66.4 Å². The fourth-order valence-electron chi connectivity index (χ4n) is 1.58. The fraction of sp³-hybridized carbons (Fsp3) is 0.467. The first-order valence-corrected chi connectivity index (χ1v) is 6.46. The molecule has 0 saturated heterocycles. The standard InChI is InChI=1S/C15H21NO3/c1-15(2,14(18)19)11-16-13(17)10-6-9-12-7-4-3-5-8-12/h3-5,7-8H,6,9-11H2,1-2H3,(H,16,17)(H,18,19). The van der Waals surface area contributed by atoms with Crippen LogP contribution in [0.5, 0.6) is 0 Å². The Labute approximate surface area is 113 Å². The SMILES string of the molecule is CC(C)(CNC(=O)CCCc1ccccc1)C(=O)O. The number of carbonyl (C=O) groups excluding carboxylic acids is 1. The van der Waals surface area contributed by atoms with Crippen molar-refractivity contribution in [1.29, 1.82) is 0 Å². The smallest absolute Gasteiger partial charge is 0.310 e. The van der Waals surface area contributed by atoms with E-state index in [2.05, 4.69) is 5.32 Å². The van der Waals surface area contributed by atoms with Crippen LogP contribution in [0.4, 0.5) is 0 Å². The molecular weight excluding hydrogens is 242 g/mol. The summed E-state index contributed by atoms with van der Waals surface area (Å²) in [6, 6.07) is 9.98. The normalized spacial score (nSPS) is 11.1. The van der Waals surface area contributed by atoms with Gasteiger partial charge < -0.3 is 10.4 Å². The Kier molecular flexibility index (Phi) is 5.55. The second kappa shape index (κ2) is 6.92. The molecular formula is C15H21NO3. The summed E-state index contributed by atoms with van der Waals surface area (Å²) in [6.07, 6.45) is 2.05. The fourth-order valence-corrected chi connectivity index (χ4v) is 1.58. The van der Waals surface area contributed by atoms with Gasteiger partial charge in [0.2, 0.25) is 5.91 Å². The highest BCUT2D eigenvalue weighted by molar-refractivity contribution is 5.78. The summed E-state index contributed by atoms with van der Waals surface area (Å²) >= 11 is 0. The Morgan fingerprint density at radius 3 is 2.42 bits per heavy atom. The molecule has 1 aromatic carbocycles. The largest absolute Gasteiger partial charge is 0.481 e. The number of hydrogen-bond donors (Lipinski definition) is 2. The molecule has 0 aliphatic rings. The van der Waals surface area contributed by atoms with Crippen LogP contribution in [0.3, 0.4) is 0 Å². The first-order chi connectivity index (χ1) is 8.92. The molecule has 0 spiro atoms. The number of aryl methyl sites for hydroxylation is 1. The van der Waals surface area contributed by atoms with Crippen LogP contribution in [-0.2, 0) is 16.0 Å². The minimum atomic E-state index is -0.922. The van der Waals surface area contributed by atoms with Crippen LogP contribution in [0.15, 0.2) is 30.3 Å². The van der Waals surface area contributed by atoms with E-state index in [0.29, 0.717) is 6.42 Å². The van der Waals surface area contributed by atoms with Crippen LogP contribution in [0.1, 0.15) is 32.3 Å². The van der Waals surface area contributed by atoms with Gasteiger partial charge in [0.05, 0.1) is 5.41 Å². The summed E-state index contributed by atoms with van der Waals surface area (Å²) in [4.78, 5) is 22.5. The first kappa shape index (κ1) is 15.2. The molecule has 0 aromatic heterocycles. The number of aliphatic carboxylic acids is 1. The van der Waals surface area contributed by atoms with Gasteiger partial charge in [-0.3, -0.25) is 9.59 Å². The van der Waals surface area contributed by atoms with Gasteiger partial charge in [-0.15, -0.1) is 0 Å². The maximum Gasteiger partial charge on any atom is 0.310 e. The Bertz CT molecular complexity index is 426. The molecule has 1 rings (SSSR count). The molecule has 4 nitrogen and oxygen atoms in total. The zero-order valence-electron chi connectivity index (χ0n) is 11.5. The van der Waals surface area contributed by atoms with Gasteiger partial charge in [-0.1, -0.05) is 30.3 Å². The van der Waals surface area contributed by atoms with Gasteiger partial charge in [0.1, 0.15) is 0 Å². The maximum absolute atomic E-state index is 11.6. The molecule has 0 aliphatic carbocycles. The molecule has 2 N–H and O–H groups in total. The van der Waals surface area contributed by atoms with Crippen LogP contribution in [0, 0.1) is 5.41 Å². The number of carbonyl (C=O) groups is 2. The van der Waals surface area contributed by atoms with Gasteiger partial charge in [0.25, 0.3) is 0 Å². The molecule has 0 heterocycles. The Morgan fingerprint density at radius 1 is 1.21 bits per heavy atom. The molecule has 0 unspecified atom stereocenters. The van der Waals surface area contributed by atoms with Gasteiger partial charge in [0.15, 0.2) is 0 Å². The minimum Gasteiger partial charge on any atom is -0.481 e. The van der Waals surface area contributed by atoms with E-state index in [1.165, 1.54) is 5.56 Å². The predicted molar refractivity (Wildman–Crippen MR) is 73.8 cm³/mol. The zero-order chi connectivity index (χ0) is 14.3. The molecule has 104 valence electrons. The van der Waals surface area contributed by atoms with Crippen molar-refractivity contribution in [3.8, 4) is 0 Å². The third kappa shape index (κ3) is 5.55. The van der Waals surface area contributed by atoms with Crippen LogP contribution in [0.25, 0.3) is 0 Å². The predicted octanol–water partition coefficient (Wildman–Crippen LogP) is 2.24. The van der Waals surface area contributed by atoms with Crippen molar-refractivity contribution in [2.24, 2.45) is 5.41 Å². The first-order valence-electron chi connectivity index (χ1n) is 6.46. The van der Waals surface area contributed by atoms with Crippen molar-refractivity contribution in [3.63, 3.8) is 0 Å². The van der Waals surface area contributed by atoms with Gasteiger partial charge in [-0.25, -0.2) is 0 Å². The summed E-state index contributed by atoms with van der Waals surface area (Å²) < 4.78 is 0. The Balaban J connectivity index is 2.24. The summed E-state index contributed by atoms with van der Waals surface area (Å²) in [5.41, 5.74) is 0.288. The average molecular weight is 263 g/mol. The van der Waals surface area contributed by atoms with E-state index in [-0.39, 0.29) is 12.5 Å². The molecule has 0 atom stereocenters. The monoisotopic (exact) mass is 263 g/mol. The Hall–Kier alpha value is -1.84. The van der Waals surface area contributed by atoms with Crippen LogP contribution >= 0.6 is 0 Å². The highest BCUT2D eigenvalue weighted by atomic mass is 16.4. The van der Waals surface area contributed by atoms with Crippen LogP contribution in [-0.4, -0.2) is 23.5 Å². The molecule has 0 fully saturated rings. The molecule has 0 saturated carbocycles. The van der Waals surface area contributed by atoms with Gasteiger partial charge in [-0.2, -0.15) is 0 Å². The number of rotatable bonds is 7. The number of benzene rings is 1. The third-order valence-electron chi connectivity index (χ3n) is 3.02. The summed E-state index contributed by atoms with van der Waals surface area (Å²) in [7, 11) is 0. The summed E-state index contributed by atoms with van der Waals surface area (Å²) in [5, 5.41) is 11.6. The van der Waals surface area contributed by atoms with Crippen LogP contribution in [0.2, 0.25) is 0 Å². The number of carboxylic acids is 1. The van der Waals surface area contributed by atoms with E-state index in [4.69, 9.17) is 5.11 Å². The lowest BCUT2D eigenvalue weighted by molar-refractivity contribution is -0.146.